The molecule has 3 rings (SSSR count). The van der Waals surface area contributed by atoms with Crippen LogP contribution in [0.4, 0.5) is 0 Å². The van der Waals surface area contributed by atoms with Gasteiger partial charge >= 0.3 is 0 Å². The number of thiophene rings is 1. The normalized spacial score (nSPS) is 11.5. The average Bonchev–Trinajstić information content (AvgIpc) is 3.12. The van der Waals surface area contributed by atoms with Crippen molar-refractivity contribution in [3.05, 3.63) is 68.0 Å². The quantitative estimate of drug-likeness (QED) is 0.273. The van der Waals surface area contributed by atoms with Gasteiger partial charge in [0.2, 0.25) is 0 Å². The second-order valence-corrected chi connectivity index (χ2v) is 10.1. The highest BCUT2D eigenvalue weighted by atomic mass is 35.5. The first-order valence-corrected chi connectivity index (χ1v) is 12.9. The zero-order valence-corrected chi connectivity index (χ0v) is 21.7. The van der Waals surface area contributed by atoms with E-state index in [-0.39, 0.29) is 5.91 Å². The molecule has 0 saturated carbocycles. The van der Waals surface area contributed by atoms with Gasteiger partial charge in [0.05, 0.1) is 10.0 Å². The van der Waals surface area contributed by atoms with Crippen molar-refractivity contribution in [1.29, 1.82) is 0 Å². The molecule has 0 radical (unpaired) electrons. The highest BCUT2D eigenvalue weighted by Gasteiger charge is 2.24. The molecule has 0 aliphatic heterocycles. The zero-order valence-electron chi connectivity index (χ0n) is 19.4. The van der Waals surface area contributed by atoms with Crippen molar-refractivity contribution in [3.8, 4) is 0 Å². The molecule has 0 saturated heterocycles. The van der Waals surface area contributed by atoms with E-state index in [9.17, 15) is 4.79 Å². The van der Waals surface area contributed by atoms with Crippen LogP contribution in [0.3, 0.4) is 0 Å². The first-order valence-electron chi connectivity index (χ1n) is 11.3. The first kappa shape index (κ1) is 25.0. The van der Waals surface area contributed by atoms with E-state index in [0.717, 1.165) is 48.1 Å². The zero-order chi connectivity index (χ0) is 23.3. The summed E-state index contributed by atoms with van der Waals surface area (Å²) in [5.74, 6) is -0.0201. The fraction of sp³-hybridized carbons (Fsp3) is 0.423. The minimum Gasteiger partial charge on any atom is -0.334 e. The van der Waals surface area contributed by atoms with Crippen molar-refractivity contribution in [1.82, 2.24) is 9.80 Å². The van der Waals surface area contributed by atoms with Crippen molar-refractivity contribution >= 4 is 50.5 Å². The van der Waals surface area contributed by atoms with Crippen molar-refractivity contribution in [3.63, 3.8) is 0 Å². The Morgan fingerprint density at radius 2 is 1.69 bits per heavy atom. The van der Waals surface area contributed by atoms with Crippen LogP contribution in [-0.2, 0) is 6.54 Å². The summed E-state index contributed by atoms with van der Waals surface area (Å²) in [5.41, 5.74) is 3.64. The van der Waals surface area contributed by atoms with Gasteiger partial charge in [-0.25, -0.2) is 0 Å². The maximum atomic E-state index is 13.6. The third kappa shape index (κ3) is 5.85. The maximum absolute atomic E-state index is 13.6. The van der Waals surface area contributed by atoms with Crippen LogP contribution in [0, 0.1) is 13.8 Å². The molecule has 0 bridgehead atoms. The smallest absolute Gasteiger partial charge is 0.265 e. The number of halogens is 2. The molecule has 2 aromatic carbocycles. The van der Waals surface area contributed by atoms with Gasteiger partial charge in [-0.2, -0.15) is 0 Å². The van der Waals surface area contributed by atoms with Crippen molar-refractivity contribution in [2.75, 3.05) is 26.2 Å². The molecule has 3 aromatic rings. The number of rotatable bonds is 10. The van der Waals surface area contributed by atoms with Gasteiger partial charge in [-0.1, -0.05) is 61.3 Å². The lowest BCUT2D eigenvalue weighted by atomic mass is 10.1. The summed E-state index contributed by atoms with van der Waals surface area (Å²) in [6.45, 7) is 13.0. The van der Waals surface area contributed by atoms with E-state index in [0.29, 0.717) is 28.0 Å². The molecular formula is C26H32Cl2N2OS. The summed E-state index contributed by atoms with van der Waals surface area (Å²) in [7, 11) is 0. The largest absolute Gasteiger partial charge is 0.334 e. The van der Waals surface area contributed by atoms with Gasteiger partial charge in [0.1, 0.15) is 4.88 Å². The average molecular weight is 492 g/mol. The van der Waals surface area contributed by atoms with Gasteiger partial charge in [0.25, 0.3) is 5.91 Å². The van der Waals surface area contributed by atoms with E-state index in [1.807, 2.05) is 23.1 Å². The molecule has 0 spiro atoms. The van der Waals surface area contributed by atoms with Crippen LogP contribution in [0.1, 0.15) is 53.1 Å². The molecule has 0 aliphatic carbocycles. The van der Waals surface area contributed by atoms with Crippen LogP contribution in [0.2, 0.25) is 10.0 Å². The lowest BCUT2D eigenvalue weighted by molar-refractivity contribution is 0.0743. The van der Waals surface area contributed by atoms with E-state index in [2.05, 4.69) is 50.8 Å². The van der Waals surface area contributed by atoms with E-state index in [1.54, 1.807) is 0 Å². The summed E-state index contributed by atoms with van der Waals surface area (Å²) in [4.78, 5) is 18.6. The lowest BCUT2D eigenvalue weighted by Gasteiger charge is -2.24. The molecule has 32 heavy (non-hydrogen) atoms. The summed E-state index contributed by atoms with van der Waals surface area (Å²) >= 11 is 14.5. The van der Waals surface area contributed by atoms with Gasteiger partial charge in [-0.15, -0.1) is 11.3 Å². The number of carbonyl (C=O) groups excluding carboxylic acids is 1. The highest BCUT2D eigenvalue weighted by molar-refractivity contribution is 7.21. The molecule has 1 aromatic heterocycles. The highest BCUT2D eigenvalue weighted by Crippen LogP contribution is 2.40. The number of fused-ring (bicyclic) bond motifs is 1. The van der Waals surface area contributed by atoms with Crippen LogP contribution < -0.4 is 0 Å². The summed E-state index contributed by atoms with van der Waals surface area (Å²) in [5, 5.41) is 1.83. The molecule has 0 unspecified atom stereocenters. The van der Waals surface area contributed by atoms with E-state index < -0.39 is 0 Å². The SMILES string of the molecule is CCN(CC)CCCCN(Cc1ccc(C)c(C)c1)C(=O)c1sc2cccc(Cl)c2c1Cl. The molecule has 0 fully saturated rings. The van der Waals surface area contributed by atoms with Gasteiger partial charge in [0, 0.05) is 23.2 Å². The first-order chi connectivity index (χ1) is 15.3. The Labute approximate surface area is 205 Å². The van der Waals surface area contributed by atoms with Gasteiger partial charge in [0.15, 0.2) is 0 Å². The molecule has 1 heterocycles. The Bertz CT molecular complexity index is 1080. The Morgan fingerprint density at radius 1 is 0.969 bits per heavy atom. The lowest BCUT2D eigenvalue weighted by Crippen LogP contribution is -2.32. The molecule has 0 N–H and O–H groups in total. The Kier molecular flexibility index (Phi) is 9.01. The van der Waals surface area contributed by atoms with Crippen LogP contribution >= 0.6 is 34.5 Å². The number of hydrogen-bond donors (Lipinski definition) is 0. The van der Waals surface area contributed by atoms with Crippen LogP contribution in [0.5, 0.6) is 0 Å². The fourth-order valence-corrected chi connectivity index (χ4v) is 5.82. The van der Waals surface area contributed by atoms with Gasteiger partial charge in [-0.05, 0) is 75.1 Å². The molecule has 0 atom stereocenters. The Morgan fingerprint density at radius 3 is 2.34 bits per heavy atom. The molecule has 0 aliphatic rings. The summed E-state index contributed by atoms with van der Waals surface area (Å²) < 4.78 is 0.943. The van der Waals surface area contributed by atoms with Crippen LogP contribution in [0.25, 0.3) is 10.1 Å². The van der Waals surface area contributed by atoms with E-state index >= 15 is 0 Å². The van der Waals surface area contributed by atoms with E-state index in [1.165, 1.54) is 22.5 Å². The fourth-order valence-electron chi connectivity index (χ4n) is 3.90. The minimum atomic E-state index is -0.0201. The topological polar surface area (TPSA) is 23.6 Å². The predicted molar refractivity (Wildman–Crippen MR) is 140 cm³/mol. The summed E-state index contributed by atoms with van der Waals surface area (Å²) in [6, 6.07) is 12.1. The maximum Gasteiger partial charge on any atom is 0.265 e. The third-order valence-electron chi connectivity index (χ3n) is 6.08. The predicted octanol–water partition coefficient (Wildman–Crippen LogP) is 7.59. The monoisotopic (exact) mass is 490 g/mol. The standard InChI is InChI=1S/C26H32Cl2N2OS/c1-5-29(6-2)14-7-8-15-30(17-20-13-12-18(3)19(4)16-20)26(31)25-24(28)23-21(27)10-9-11-22(23)32-25/h9-13,16H,5-8,14-15,17H2,1-4H3. The molecule has 1 amide bonds. The number of hydrogen-bond acceptors (Lipinski definition) is 3. The molecule has 6 heteroatoms. The van der Waals surface area contributed by atoms with E-state index in [4.69, 9.17) is 23.2 Å². The van der Waals surface area contributed by atoms with Crippen molar-refractivity contribution < 1.29 is 4.79 Å². The number of unbranched alkanes of at least 4 members (excludes halogenated alkanes) is 1. The van der Waals surface area contributed by atoms with Crippen molar-refractivity contribution in [2.45, 2.75) is 47.1 Å². The Balaban J connectivity index is 1.83. The number of benzene rings is 2. The van der Waals surface area contributed by atoms with Gasteiger partial charge < -0.3 is 9.80 Å². The van der Waals surface area contributed by atoms with Gasteiger partial charge in [-0.3, -0.25) is 4.79 Å². The second-order valence-electron chi connectivity index (χ2n) is 8.24. The summed E-state index contributed by atoms with van der Waals surface area (Å²) in [6.07, 6.45) is 2.01. The number of amides is 1. The number of carbonyl (C=O) groups is 1. The molecule has 3 nitrogen and oxygen atoms in total. The van der Waals surface area contributed by atoms with Crippen molar-refractivity contribution in [2.24, 2.45) is 0 Å². The van der Waals surface area contributed by atoms with Crippen LogP contribution in [0.15, 0.2) is 36.4 Å². The second kappa shape index (κ2) is 11.5. The minimum absolute atomic E-state index is 0.0201. The van der Waals surface area contributed by atoms with Crippen LogP contribution in [-0.4, -0.2) is 41.9 Å². The molecular weight excluding hydrogens is 459 g/mol. The Hall–Kier alpha value is -1.59. The number of aryl methyl sites for hydroxylation is 2. The number of nitrogens with zero attached hydrogens (tertiary/aromatic N) is 2. The molecule has 172 valence electrons. The third-order valence-corrected chi connectivity index (χ3v) is 8.03.